The SMILES string of the molecule is CC(C)n1cnc(S(=O)(=O)N2CCCC(C(=O)NC3CCCC3)C2)c1. The van der Waals surface area contributed by atoms with Crippen LogP contribution < -0.4 is 5.32 Å². The molecule has 1 aromatic heterocycles. The van der Waals surface area contributed by atoms with Crippen LogP contribution in [0.4, 0.5) is 0 Å². The summed E-state index contributed by atoms with van der Waals surface area (Å²) in [5.41, 5.74) is 0. The zero-order valence-electron chi connectivity index (χ0n) is 15.0. The van der Waals surface area contributed by atoms with Crippen LogP contribution >= 0.6 is 0 Å². The van der Waals surface area contributed by atoms with Gasteiger partial charge in [0.05, 0.1) is 12.2 Å². The van der Waals surface area contributed by atoms with Gasteiger partial charge in [-0.1, -0.05) is 12.8 Å². The average molecular weight is 369 g/mol. The normalized spacial score (nSPS) is 23.2. The first-order valence-electron chi connectivity index (χ1n) is 9.22. The van der Waals surface area contributed by atoms with E-state index in [0.717, 1.165) is 32.1 Å². The van der Waals surface area contributed by atoms with Crippen molar-refractivity contribution in [1.82, 2.24) is 19.2 Å². The van der Waals surface area contributed by atoms with Crippen molar-refractivity contribution in [2.45, 2.75) is 69.5 Å². The molecular weight excluding hydrogens is 340 g/mol. The fraction of sp³-hybridized carbons (Fsp3) is 0.765. The molecule has 0 radical (unpaired) electrons. The number of rotatable bonds is 5. The first-order valence-corrected chi connectivity index (χ1v) is 10.7. The summed E-state index contributed by atoms with van der Waals surface area (Å²) < 4.78 is 28.9. The molecule has 1 N–H and O–H groups in total. The number of nitrogens with zero attached hydrogens (tertiary/aromatic N) is 3. The molecule has 2 aliphatic rings. The third-order valence-corrected chi connectivity index (χ3v) is 6.99. The summed E-state index contributed by atoms with van der Waals surface area (Å²) in [6.45, 7) is 4.64. The van der Waals surface area contributed by atoms with Gasteiger partial charge in [-0.15, -0.1) is 0 Å². The van der Waals surface area contributed by atoms with Crippen LogP contribution in [-0.4, -0.2) is 47.3 Å². The van der Waals surface area contributed by atoms with E-state index in [4.69, 9.17) is 0 Å². The van der Waals surface area contributed by atoms with Crippen LogP contribution in [0.2, 0.25) is 0 Å². The van der Waals surface area contributed by atoms with Gasteiger partial charge >= 0.3 is 0 Å². The number of imidazole rings is 1. The molecule has 2 heterocycles. The Balaban J connectivity index is 1.67. The Kier molecular flexibility index (Phi) is 5.48. The second-order valence-corrected chi connectivity index (χ2v) is 9.33. The van der Waals surface area contributed by atoms with E-state index in [1.165, 1.54) is 4.31 Å². The summed E-state index contributed by atoms with van der Waals surface area (Å²) in [6, 6.07) is 0.420. The average Bonchev–Trinajstić information content (AvgIpc) is 3.26. The number of piperidine rings is 1. The second kappa shape index (κ2) is 7.45. The van der Waals surface area contributed by atoms with E-state index in [2.05, 4.69) is 10.3 Å². The first-order chi connectivity index (χ1) is 11.9. The molecule has 7 nitrogen and oxygen atoms in total. The van der Waals surface area contributed by atoms with Crippen LogP contribution in [0, 0.1) is 5.92 Å². The molecule has 0 aromatic carbocycles. The maximum absolute atomic E-state index is 12.9. The number of aromatic nitrogens is 2. The summed E-state index contributed by atoms with van der Waals surface area (Å²) in [7, 11) is -3.65. The van der Waals surface area contributed by atoms with Gasteiger partial charge in [-0.25, -0.2) is 13.4 Å². The highest BCUT2D eigenvalue weighted by atomic mass is 32.2. The van der Waals surface area contributed by atoms with Gasteiger partial charge in [-0.3, -0.25) is 4.79 Å². The van der Waals surface area contributed by atoms with Crippen molar-refractivity contribution >= 4 is 15.9 Å². The second-order valence-electron chi connectivity index (χ2n) is 7.45. The molecular formula is C17H28N4O3S. The Morgan fingerprint density at radius 1 is 1.24 bits per heavy atom. The molecule has 2 fully saturated rings. The van der Waals surface area contributed by atoms with Crippen molar-refractivity contribution in [2.75, 3.05) is 13.1 Å². The monoisotopic (exact) mass is 368 g/mol. The summed E-state index contributed by atoms with van der Waals surface area (Å²) >= 11 is 0. The number of nitrogens with one attached hydrogen (secondary N) is 1. The smallest absolute Gasteiger partial charge is 0.262 e. The van der Waals surface area contributed by atoms with E-state index in [0.29, 0.717) is 13.0 Å². The van der Waals surface area contributed by atoms with Crippen LogP contribution in [0.5, 0.6) is 0 Å². The van der Waals surface area contributed by atoms with Gasteiger partial charge in [-0.2, -0.15) is 4.31 Å². The number of hydrogen-bond acceptors (Lipinski definition) is 4. The Labute approximate surface area is 149 Å². The maximum Gasteiger partial charge on any atom is 0.262 e. The van der Waals surface area contributed by atoms with E-state index in [1.54, 1.807) is 17.1 Å². The molecule has 1 amide bonds. The number of hydrogen-bond donors (Lipinski definition) is 1. The molecule has 1 aromatic rings. The summed E-state index contributed by atoms with van der Waals surface area (Å²) in [4.78, 5) is 16.6. The zero-order valence-corrected chi connectivity index (χ0v) is 15.8. The van der Waals surface area contributed by atoms with Gasteiger partial charge in [0.25, 0.3) is 10.0 Å². The predicted octanol–water partition coefficient (Wildman–Crippen LogP) is 1.92. The largest absolute Gasteiger partial charge is 0.353 e. The molecule has 1 saturated heterocycles. The van der Waals surface area contributed by atoms with Crippen LogP contribution in [0.3, 0.4) is 0 Å². The van der Waals surface area contributed by atoms with Crippen LogP contribution in [0.15, 0.2) is 17.6 Å². The third kappa shape index (κ3) is 4.06. The van der Waals surface area contributed by atoms with Gasteiger partial charge < -0.3 is 9.88 Å². The standard InChI is InChI=1S/C17H28N4O3S/c1-13(2)20-11-16(18-12-20)25(23,24)21-9-5-6-14(10-21)17(22)19-15-7-3-4-8-15/h11-15H,3-10H2,1-2H3,(H,19,22). The molecule has 0 bridgehead atoms. The molecule has 0 spiro atoms. The van der Waals surface area contributed by atoms with Gasteiger partial charge in [0.2, 0.25) is 5.91 Å². The highest BCUT2D eigenvalue weighted by molar-refractivity contribution is 7.89. The minimum atomic E-state index is -3.65. The quantitative estimate of drug-likeness (QED) is 0.861. The number of sulfonamides is 1. The van der Waals surface area contributed by atoms with Crippen molar-refractivity contribution in [3.63, 3.8) is 0 Å². The Morgan fingerprint density at radius 2 is 1.96 bits per heavy atom. The van der Waals surface area contributed by atoms with Crippen molar-refractivity contribution in [3.8, 4) is 0 Å². The molecule has 25 heavy (non-hydrogen) atoms. The lowest BCUT2D eigenvalue weighted by atomic mass is 9.98. The van der Waals surface area contributed by atoms with Gasteiger partial charge in [-0.05, 0) is 39.5 Å². The highest BCUT2D eigenvalue weighted by Gasteiger charge is 2.35. The fourth-order valence-electron chi connectivity index (χ4n) is 3.63. The van der Waals surface area contributed by atoms with E-state index < -0.39 is 10.0 Å². The third-order valence-electron chi connectivity index (χ3n) is 5.23. The fourth-order valence-corrected chi connectivity index (χ4v) is 5.08. The van der Waals surface area contributed by atoms with Crippen molar-refractivity contribution in [1.29, 1.82) is 0 Å². The number of carbonyl (C=O) groups excluding carboxylic acids is 1. The Morgan fingerprint density at radius 3 is 2.60 bits per heavy atom. The summed E-state index contributed by atoms with van der Waals surface area (Å²) in [5, 5.41) is 3.17. The minimum absolute atomic E-state index is 0.000454. The maximum atomic E-state index is 12.9. The topological polar surface area (TPSA) is 84.3 Å². The zero-order chi connectivity index (χ0) is 18.0. The summed E-state index contributed by atoms with van der Waals surface area (Å²) in [5.74, 6) is -0.268. The number of amides is 1. The van der Waals surface area contributed by atoms with E-state index >= 15 is 0 Å². The van der Waals surface area contributed by atoms with Crippen LogP contribution in [0.1, 0.15) is 58.4 Å². The minimum Gasteiger partial charge on any atom is -0.353 e. The van der Waals surface area contributed by atoms with Gasteiger partial charge in [0.15, 0.2) is 5.03 Å². The lowest BCUT2D eigenvalue weighted by Crippen LogP contribution is -2.47. The van der Waals surface area contributed by atoms with Crippen molar-refractivity contribution in [2.24, 2.45) is 5.92 Å². The van der Waals surface area contributed by atoms with Gasteiger partial charge in [0.1, 0.15) is 0 Å². The number of carbonyl (C=O) groups is 1. The highest BCUT2D eigenvalue weighted by Crippen LogP contribution is 2.25. The molecule has 140 valence electrons. The summed E-state index contributed by atoms with van der Waals surface area (Å²) in [6.07, 6.45) is 8.95. The van der Waals surface area contributed by atoms with Crippen LogP contribution in [-0.2, 0) is 14.8 Å². The molecule has 1 atom stereocenters. The van der Waals surface area contributed by atoms with E-state index in [9.17, 15) is 13.2 Å². The van der Waals surface area contributed by atoms with E-state index in [-0.39, 0.29) is 35.5 Å². The lowest BCUT2D eigenvalue weighted by Gasteiger charge is -2.31. The van der Waals surface area contributed by atoms with E-state index in [1.807, 2.05) is 13.8 Å². The van der Waals surface area contributed by atoms with Crippen molar-refractivity contribution < 1.29 is 13.2 Å². The molecule has 8 heteroatoms. The molecule has 1 saturated carbocycles. The predicted molar refractivity (Wildman–Crippen MR) is 94.5 cm³/mol. The molecule has 1 aliphatic carbocycles. The molecule has 1 unspecified atom stereocenters. The van der Waals surface area contributed by atoms with Crippen molar-refractivity contribution in [3.05, 3.63) is 12.5 Å². The Hall–Kier alpha value is -1.41. The Bertz CT molecular complexity index is 707. The van der Waals surface area contributed by atoms with Crippen LogP contribution in [0.25, 0.3) is 0 Å². The van der Waals surface area contributed by atoms with Gasteiger partial charge in [0, 0.05) is 31.4 Å². The first kappa shape index (κ1) is 18.4. The molecule has 3 rings (SSSR count). The lowest BCUT2D eigenvalue weighted by molar-refractivity contribution is -0.126. The molecule has 1 aliphatic heterocycles.